The fraction of sp³-hybridized carbons (Fsp3) is 0.875. The van der Waals surface area contributed by atoms with Crippen molar-refractivity contribution in [3.63, 3.8) is 0 Å². The first kappa shape index (κ1) is 10.4. The summed E-state index contributed by atoms with van der Waals surface area (Å²) in [4.78, 5) is 10.4. The van der Waals surface area contributed by atoms with Crippen molar-refractivity contribution in [1.29, 1.82) is 0 Å². The predicted octanol–water partition coefficient (Wildman–Crippen LogP) is 0.163. The smallest absolute Gasteiger partial charge is 0.323 e. The molecule has 1 heterocycles. The Balaban J connectivity index is 2.44. The monoisotopic (exact) mass is 191 g/mol. The van der Waals surface area contributed by atoms with Crippen LogP contribution in [0.5, 0.6) is 0 Å². The Labute approximate surface area is 75.9 Å². The van der Waals surface area contributed by atoms with Crippen LogP contribution < -0.4 is 5.73 Å². The minimum atomic E-state index is -1.46. The SMILES string of the molecule is NC(C(=O)O)C(F)C1CCOCC1. The van der Waals surface area contributed by atoms with Crippen molar-refractivity contribution in [2.75, 3.05) is 13.2 Å². The predicted molar refractivity (Wildman–Crippen MR) is 44.1 cm³/mol. The van der Waals surface area contributed by atoms with Gasteiger partial charge in [0.2, 0.25) is 0 Å². The molecule has 1 saturated heterocycles. The highest BCUT2D eigenvalue weighted by atomic mass is 19.1. The number of carboxylic acid groups (broad SMARTS) is 1. The largest absolute Gasteiger partial charge is 0.480 e. The summed E-state index contributed by atoms with van der Waals surface area (Å²) in [6.45, 7) is 0.995. The Kier molecular flexibility index (Phi) is 3.62. The molecule has 1 aliphatic heterocycles. The number of aliphatic carboxylic acids is 1. The van der Waals surface area contributed by atoms with Gasteiger partial charge in [0, 0.05) is 13.2 Å². The van der Waals surface area contributed by atoms with Crippen LogP contribution in [0.2, 0.25) is 0 Å². The van der Waals surface area contributed by atoms with Crippen molar-refractivity contribution in [2.24, 2.45) is 11.7 Å². The van der Waals surface area contributed by atoms with Crippen LogP contribution in [-0.2, 0) is 9.53 Å². The molecule has 0 aromatic rings. The highest BCUT2D eigenvalue weighted by molar-refractivity contribution is 5.73. The molecule has 1 aliphatic rings. The summed E-state index contributed by atoms with van der Waals surface area (Å²) in [5.74, 6) is -1.54. The zero-order valence-electron chi connectivity index (χ0n) is 7.28. The lowest BCUT2D eigenvalue weighted by Crippen LogP contribution is -2.44. The molecule has 2 atom stereocenters. The van der Waals surface area contributed by atoms with Gasteiger partial charge in [0.15, 0.2) is 0 Å². The van der Waals surface area contributed by atoms with Crippen LogP contribution in [0.25, 0.3) is 0 Å². The summed E-state index contributed by atoms with van der Waals surface area (Å²) in [7, 11) is 0. The van der Waals surface area contributed by atoms with E-state index in [2.05, 4.69) is 0 Å². The van der Waals surface area contributed by atoms with E-state index in [9.17, 15) is 9.18 Å². The number of halogens is 1. The number of nitrogens with two attached hydrogens (primary N) is 1. The Morgan fingerprint density at radius 1 is 1.54 bits per heavy atom. The van der Waals surface area contributed by atoms with Gasteiger partial charge in [0.25, 0.3) is 0 Å². The van der Waals surface area contributed by atoms with E-state index in [1.165, 1.54) is 0 Å². The second-order valence-corrected chi connectivity index (χ2v) is 3.26. The zero-order chi connectivity index (χ0) is 9.84. The summed E-state index contributed by atoms with van der Waals surface area (Å²) in [6, 6.07) is -1.40. The number of alkyl halides is 1. The first-order valence-corrected chi connectivity index (χ1v) is 4.33. The molecule has 3 N–H and O–H groups in total. The van der Waals surface area contributed by atoms with E-state index in [1.807, 2.05) is 0 Å². The molecule has 0 amide bonds. The molecule has 4 nitrogen and oxygen atoms in total. The average Bonchev–Trinajstić information content (AvgIpc) is 2.17. The maximum atomic E-state index is 13.4. The number of hydrogen-bond acceptors (Lipinski definition) is 3. The van der Waals surface area contributed by atoms with E-state index in [0.717, 1.165) is 0 Å². The van der Waals surface area contributed by atoms with Crippen LogP contribution in [0.15, 0.2) is 0 Å². The van der Waals surface area contributed by atoms with Gasteiger partial charge in [-0.15, -0.1) is 0 Å². The highest BCUT2D eigenvalue weighted by Gasteiger charge is 2.32. The van der Waals surface area contributed by atoms with Crippen LogP contribution >= 0.6 is 0 Å². The molecule has 76 valence electrons. The molecule has 1 rings (SSSR count). The van der Waals surface area contributed by atoms with E-state index < -0.39 is 18.2 Å². The summed E-state index contributed by atoms with van der Waals surface area (Å²) >= 11 is 0. The van der Waals surface area contributed by atoms with E-state index in [-0.39, 0.29) is 5.92 Å². The van der Waals surface area contributed by atoms with Gasteiger partial charge >= 0.3 is 5.97 Å². The van der Waals surface area contributed by atoms with Gasteiger partial charge in [0.1, 0.15) is 12.2 Å². The van der Waals surface area contributed by atoms with Gasteiger partial charge in [0.05, 0.1) is 0 Å². The number of carboxylic acids is 1. The summed E-state index contributed by atoms with van der Waals surface area (Å²) in [5.41, 5.74) is 5.18. The molecule has 0 aliphatic carbocycles. The van der Waals surface area contributed by atoms with Crippen LogP contribution in [0.1, 0.15) is 12.8 Å². The number of ether oxygens (including phenoxy) is 1. The minimum absolute atomic E-state index is 0.264. The van der Waals surface area contributed by atoms with Crippen molar-refractivity contribution in [3.8, 4) is 0 Å². The maximum absolute atomic E-state index is 13.4. The second-order valence-electron chi connectivity index (χ2n) is 3.26. The Hall–Kier alpha value is -0.680. The number of carbonyl (C=O) groups is 1. The zero-order valence-corrected chi connectivity index (χ0v) is 7.28. The normalized spacial score (nSPS) is 23.8. The molecule has 0 aromatic carbocycles. The van der Waals surface area contributed by atoms with Crippen LogP contribution in [0.3, 0.4) is 0 Å². The Morgan fingerprint density at radius 2 is 2.08 bits per heavy atom. The van der Waals surface area contributed by atoms with Crippen molar-refractivity contribution in [2.45, 2.75) is 25.1 Å². The third-order valence-electron chi connectivity index (χ3n) is 2.34. The fourth-order valence-electron chi connectivity index (χ4n) is 1.46. The van der Waals surface area contributed by atoms with Crippen molar-refractivity contribution in [1.82, 2.24) is 0 Å². The van der Waals surface area contributed by atoms with Gasteiger partial charge in [-0.1, -0.05) is 0 Å². The molecule has 1 fully saturated rings. The quantitative estimate of drug-likeness (QED) is 0.666. The fourth-order valence-corrected chi connectivity index (χ4v) is 1.46. The van der Waals surface area contributed by atoms with Gasteiger partial charge in [-0.05, 0) is 18.8 Å². The van der Waals surface area contributed by atoms with Crippen molar-refractivity contribution < 1.29 is 19.0 Å². The third-order valence-corrected chi connectivity index (χ3v) is 2.34. The summed E-state index contributed by atoms with van der Waals surface area (Å²) < 4.78 is 18.4. The number of hydrogen-bond donors (Lipinski definition) is 2. The lowest BCUT2D eigenvalue weighted by atomic mass is 9.91. The molecule has 5 heteroatoms. The standard InChI is InChI=1S/C8H14FNO3/c9-6(7(10)8(11)12)5-1-3-13-4-2-5/h5-7H,1-4,10H2,(H,11,12). The molecular formula is C8H14FNO3. The molecule has 0 radical (unpaired) electrons. The molecule has 0 spiro atoms. The minimum Gasteiger partial charge on any atom is -0.480 e. The third kappa shape index (κ3) is 2.63. The second kappa shape index (κ2) is 4.53. The maximum Gasteiger partial charge on any atom is 0.323 e. The van der Waals surface area contributed by atoms with E-state index in [0.29, 0.717) is 26.1 Å². The van der Waals surface area contributed by atoms with Crippen LogP contribution in [0, 0.1) is 5.92 Å². The Bertz CT molecular complexity index is 182. The topological polar surface area (TPSA) is 72.6 Å². The van der Waals surface area contributed by atoms with Gasteiger partial charge in [-0.3, -0.25) is 4.79 Å². The first-order valence-electron chi connectivity index (χ1n) is 4.33. The molecule has 0 saturated carbocycles. The molecular weight excluding hydrogens is 177 g/mol. The summed E-state index contributed by atoms with van der Waals surface area (Å²) in [6.07, 6.45) is -0.342. The molecule has 2 unspecified atom stereocenters. The Morgan fingerprint density at radius 3 is 2.54 bits per heavy atom. The highest BCUT2D eigenvalue weighted by Crippen LogP contribution is 2.22. The van der Waals surface area contributed by atoms with Crippen molar-refractivity contribution >= 4 is 5.97 Å². The van der Waals surface area contributed by atoms with Gasteiger partial charge < -0.3 is 15.6 Å². The van der Waals surface area contributed by atoms with Crippen LogP contribution in [-0.4, -0.2) is 36.5 Å². The van der Waals surface area contributed by atoms with E-state index >= 15 is 0 Å². The van der Waals surface area contributed by atoms with E-state index in [4.69, 9.17) is 15.6 Å². The van der Waals surface area contributed by atoms with Gasteiger partial charge in [-0.2, -0.15) is 0 Å². The van der Waals surface area contributed by atoms with Crippen LogP contribution in [0.4, 0.5) is 4.39 Å². The lowest BCUT2D eigenvalue weighted by molar-refractivity contribution is -0.141. The molecule has 0 aromatic heterocycles. The van der Waals surface area contributed by atoms with Gasteiger partial charge in [-0.25, -0.2) is 4.39 Å². The van der Waals surface area contributed by atoms with Crippen molar-refractivity contribution in [3.05, 3.63) is 0 Å². The lowest BCUT2D eigenvalue weighted by Gasteiger charge is -2.26. The first-order chi connectivity index (χ1) is 6.13. The number of rotatable bonds is 3. The summed E-state index contributed by atoms with van der Waals surface area (Å²) in [5, 5.41) is 8.49. The molecule has 0 bridgehead atoms. The average molecular weight is 191 g/mol. The van der Waals surface area contributed by atoms with E-state index in [1.54, 1.807) is 0 Å². The molecule has 13 heavy (non-hydrogen) atoms.